The highest BCUT2D eigenvalue weighted by Crippen LogP contribution is 2.45. The lowest BCUT2D eigenvalue weighted by atomic mass is 9.28. The van der Waals surface area contributed by atoms with Gasteiger partial charge in [0.25, 0.3) is 0 Å². The highest BCUT2D eigenvalue weighted by Gasteiger charge is 2.38. The number of hydrogen-bond donors (Lipinski definition) is 0. The van der Waals surface area contributed by atoms with Crippen LogP contribution in [0.25, 0.3) is 0 Å². The fraction of sp³-hybridized carbons (Fsp3) is 0.818. The van der Waals surface area contributed by atoms with Crippen LogP contribution in [0.2, 0.25) is 11.6 Å². The van der Waals surface area contributed by atoms with Gasteiger partial charge in [0, 0.05) is 0 Å². The van der Waals surface area contributed by atoms with Crippen molar-refractivity contribution in [1.82, 2.24) is 0 Å². The summed E-state index contributed by atoms with van der Waals surface area (Å²) in [5.74, 6) is 8.48. The van der Waals surface area contributed by atoms with Crippen molar-refractivity contribution in [2.75, 3.05) is 0 Å². The largest absolute Gasteiger partial charge is 0.237 e. The Morgan fingerprint density at radius 3 is 1.92 bits per heavy atom. The molecule has 64 valence electrons. The maximum absolute atomic E-state index is 3.44. The molecule has 2 aliphatic heterocycles. The highest BCUT2D eigenvalue weighted by molar-refractivity contribution is 6.70. The molecule has 0 aromatic rings. The van der Waals surface area contributed by atoms with Crippen molar-refractivity contribution in [3.05, 3.63) is 0 Å². The number of fused-ring (bicyclic) bond motifs is 2. The van der Waals surface area contributed by atoms with Crippen LogP contribution in [0.5, 0.6) is 0 Å². The molecule has 2 saturated heterocycles. The standard InChI is InChI=1S/C11H17B/c1-2-9-12-10-5-3-6-11(12)8-4-7-10/h10-11H,3-8H2,1H3. The lowest BCUT2D eigenvalue weighted by Crippen LogP contribution is -2.33. The Labute approximate surface area is 76.2 Å². The molecule has 1 heteroatoms. The van der Waals surface area contributed by atoms with Gasteiger partial charge >= 0.3 is 0 Å². The number of rotatable bonds is 0. The Bertz CT molecular complexity index is 189. The summed E-state index contributed by atoms with van der Waals surface area (Å²) in [5.41, 5.74) is 0. The first kappa shape index (κ1) is 8.23. The van der Waals surface area contributed by atoms with E-state index in [1.807, 2.05) is 6.92 Å². The maximum atomic E-state index is 3.44. The van der Waals surface area contributed by atoms with Crippen LogP contribution in [0.4, 0.5) is 0 Å². The van der Waals surface area contributed by atoms with E-state index in [-0.39, 0.29) is 0 Å². The molecule has 2 fully saturated rings. The molecule has 0 aromatic heterocycles. The second-order valence-electron chi connectivity index (χ2n) is 4.30. The van der Waals surface area contributed by atoms with Crippen molar-refractivity contribution in [3.63, 3.8) is 0 Å². The molecule has 2 heterocycles. The monoisotopic (exact) mass is 160 g/mol. The van der Waals surface area contributed by atoms with Gasteiger partial charge in [-0.25, -0.2) is 0 Å². The van der Waals surface area contributed by atoms with Crippen molar-refractivity contribution in [1.29, 1.82) is 0 Å². The Morgan fingerprint density at radius 1 is 1.00 bits per heavy atom. The minimum absolute atomic E-state index is 0.775. The van der Waals surface area contributed by atoms with E-state index in [0.29, 0.717) is 0 Å². The van der Waals surface area contributed by atoms with Gasteiger partial charge < -0.3 is 0 Å². The third-order valence-corrected chi connectivity index (χ3v) is 3.63. The van der Waals surface area contributed by atoms with Gasteiger partial charge in [-0.05, 0) is 18.6 Å². The zero-order valence-corrected chi connectivity index (χ0v) is 7.97. The molecule has 0 aliphatic carbocycles. The summed E-state index contributed by atoms with van der Waals surface area (Å²) in [6.45, 7) is 2.77. The van der Waals surface area contributed by atoms with Gasteiger partial charge in [-0.15, -0.1) is 5.92 Å². The van der Waals surface area contributed by atoms with E-state index in [9.17, 15) is 0 Å². The van der Waals surface area contributed by atoms with Gasteiger partial charge in [0.1, 0.15) is 0 Å². The van der Waals surface area contributed by atoms with Crippen LogP contribution in [-0.4, -0.2) is 6.71 Å². The molecule has 0 saturated carbocycles. The van der Waals surface area contributed by atoms with Gasteiger partial charge in [0.05, 0.1) is 0 Å². The molecule has 0 nitrogen and oxygen atoms in total. The molecular weight excluding hydrogens is 143 g/mol. The lowest BCUT2D eigenvalue weighted by molar-refractivity contribution is 0.448. The van der Waals surface area contributed by atoms with Crippen molar-refractivity contribution >= 4 is 6.71 Å². The summed E-state index contributed by atoms with van der Waals surface area (Å²) in [6, 6.07) is 0. The fourth-order valence-electron chi connectivity index (χ4n) is 3.08. The first-order valence-corrected chi connectivity index (χ1v) is 5.34. The van der Waals surface area contributed by atoms with E-state index in [2.05, 4.69) is 11.7 Å². The maximum Gasteiger partial charge on any atom is 0.237 e. The van der Waals surface area contributed by atoms with Gasteiger partial charge in [0.2, 0.25) is 6.71 Å². The van der Waals surface area contributed by atoms with Crippen LogP contribution in [0.3, 0.4) is 0 Å². The van der Waals surface area contributed by atoms with Crippen molar-refractivity contribution in [3.8, 4) is 11.7 Å². The minimum Gasteiger partial charge on any atom is -0.155 e. The molecule has 0 spiro atoms. The van der Waals surface area contributed by atoms with Crippen LogP contribution in [-0.2, 0) is 0 Å². The van der Waals surface area contributed by atoms with Crippen LogP contribution in [0.1, 0.15) is 45.4 Å². The molecular formula is C11H17B. The Morgan fingerprint density at radius 2 is 1.50 bits per heavy atom. The Hall–Kier alpha value is -0.375. The Balaban J connectivity index is 2.11. The van der Waals surface area contributed by atoms with Crippen molar-refractivity contribution < 1.29 is 0 Å². The summed E-state index contributed by atoms with van der Waals surface area (Å²) in [4.78, 5) is 0. The average Bonchev–Trinajstić information content (AvgIpc) is 2.04. The van der Waals surface area contributed by atoms with E-state index in [1.165, 1.54) is 38.5 Å². The Kier molecular flexibility index (Phi) is 2.44. The summed E-state index contributed by atoms with van der Waals surface area (Å²) >= 11 is 0. The molecule has 0 aromatic carbocycles. The predicted octanol–water partition coefficient (Wildman–Crippen LogP) is 3.15. The SMILES string of the molecule is CC#CB1C2CCCC1CCC2. The first-order chi connectivity index (χ1) is 5.92. The van der Waals surface area contributed by atoms with Gasteiger partial charge in [-0.2, -0.15) is 5.82 Å². The molecule has 0 N–H and O–H groups in total. The third-order valence-electron chi connectivity index (χ3n) is 3.63. The summed E-state index contributed by atoms with van der Waals surface area (Å²) in [6.07, 6.45) is 8.76. The topological polar surface area (TPSA) is 0 Å². The first-order valence-electron chi connectivity index (χ1n) is 5.34. The van der Waals surface area contributed by atoms with Crippen molar-refractivity contribution in [2.24, 2.45) is 0 Å². The van der Waals surface area contributed by atoms with E-state index < -0.39 is 0 Å². The minimum atomic E-state index is 0.775. The van der Waals surface area contributed by atoms with Gasteiger partial charge in [-0.1, -0.05) is 38.5 Å². The summed E-state index contributed by atoms with van der Waals surface area (Å²) in [5, 5.41) is 0. The summed E-state index contributed by atoms with van der Waals surface area (Å²) in [7, 11) is 0. The van der Waals surface area contributed by atoms with E-state index >= 15 is 0 Å². The molecule has 0 radical (unpaired) electrons. The average molecular weight is 160 g/mol. The molecule has 0 atom stereocenters. The zero-order valence-electron chi connectivity index (χ0n) is 7.97. The molecule has 0 unspecified atom stereocenters. The van der Waals surface area contributed by atoms with Crippen LogP contribution < -0.4 is 0 Å². The van der Waals surface area contributed by atoms with Gasteiger partial charge in [-0.3, -0.25) is 0 Å². The molecule has 2 aliphatic rings. The van der Waals surface area contributed by atoms with E-state index in [1.54, 1.807) is 0 Å². The zero-order chi connectivity index (χ0) is 8.39. The molecule has 0 amide bonds. The van der Waals surface area contributed by atoms with E-state index in [0.717, 1.165) is 18.3 Å². The van der Waals surface area contributed by atoms with Gasteiger partial charge in [0.15, 0.2) is 0 Å². The van der Waals surface area contributed by atoms with Crippen LogP contribution in [0.15, 0.2) is 0 Å². The quantitative estimate of drug-likeness (QED) is 0.377. The normalized spacial score (nSPS) is 33.9. The predicted molar refractivity (Wildman–Crippen MR) is 54.4 cm³/mol. The second kappa shape index (κ2) is 3.56. The molecule has 12 heavy (non-hydrogen) atoms. The van der Waals surface area contributed by atoms with Crippen LogP contribution in [0, 0.1) is 11.7 Å². The second-order valence-corrected chi connectivity index (χ2v) is 4.30. The van der Waals surface area contributed by atoms with E-state index in [4.69, 9.17) is 0 Å². The lowest BCUT2D eigenvalue weighted by Gasteiger charge is -2.37. The highest BCUT2D eigenvalue weighted by atomic mass is 14.2. The molecule has 2 bridgehead atoms. The number of hydrogen-bond acceptors (Lipinski definition) is 0. The third kappa shape index (κ3) is 1.40. The smallest absolute Gasteiger partial charge is 0.155 e. The molecule has 2 rings (SSSR count). The fourth-order valence-corrected chi connectivity index (χ4v) is 3.08. The van der Waals surface area contributed by atoms with Crippen molar-refractivity contribution in [2.45, 2.75) is 57.1 Å². The summed E-state index contributed by atoms with van der Waals surface area (Å²) < 4.78 is 0. The van der Waals surface area contributed by atoms with Crippen LogP contribution >= 0.6 is 0 Å².